The second-order valence-electron chi connectivity index (χ2n) is 3.42. The molecular weight excluding hydrogens is 279 g/mol. The van der Waals surface area contributed by atoms with Crippen LogP contribution in [0.1, 0.15) is 15.9 Å². The van der Waals surface area contributed by atoms with Gasteiger partial charge in [-0.1, -0.05) is 23.3 Å². The molecule has 0 unspecified atom stereocenters. The molecule has 9 heteroatoms. The molecule has 0 saturated carbocycles. The van der Waals surface area contributed by atoms with Crippen LogP contribution in [-0.4, -0.2) is 24.0 Å². The molecule has 0 heterocycles. The lowest BCUT2D eigenvalue weighted by atomic mass is 10.1. The maximum atomic E-state index is 12.2. The van der Waals surface area contributed by atoms with Crippen LogP contribution in [0.25, 0.3) is 16.5 Å². The zero-order valence-electron chi connectivity index (χ0n) is 9.83. The van der Waals surface area contributed by atoms with Crippen LogP contribution >= 0.6 is 0 Å². The Hall–Kier alpha value is -2.67. The normalized spacial score (nSPS) is 11.2. The summed E-state index contributed by atoms with van der Waals surface area (Å²) in [7, 11) is 0. The van der Waals surface area contributed by atoms with E-state index in [4.69, 9.17) is 10.6 Å². The predicted octanol–water partition coefficient (Wildman–Crippen LogP) is 3.61. The van der Waals surface area contributed by atoms with Crippen molar-refractivity contribution in [2.75, 3.05) is 6.54 Å². The number of aromatic carboxylic acids is 1. The third-order valence-electron chi connectivity index (χ3n) is 2.02. The van der Waals surface area contributed by atoms with Gasteiger partial charge < -0.3 is 9.84 Å². The Balaban J connectivity index is 3.07. The molecule has 0 spiro atoms. The molecule has 0 saturated heterocycles. The first kappa shape index (κ1) is 15.4. The van der Waals surface area contributed by atoms with Crippen LogP contribution in [0.4, 0.5) is 13.2 Å². The van der Waals surface area contributed by atoms with Crippen molar-refractivity contribution in [3.8, 4) is 5.75 Å². The first-order valence-corrected chi connectivity index (χ1v) is 5.14. The van der Waals surface area contributed by atoms with E-state index in [9.17, 15) is 18.0 Å². The van der Waals surface area contributed by atoms with Crippen molar-refractivity contribution in [3.05, 3.63) is 45.8 Å². The summed E-state index contributed by atoms with van der Waals surface area (Å²) in [4.78, 5) is 13.3. The number of hydrogen-bond acceptors (Lipinski definition) is 3. The van der Waals surface area contributed by atoms with Crippen LogP contribution in [0.15, 0.2) is 29.4 Å². The minimum absolute atomic E-state index is 0.0205. The molecule has 0 bridgehead atoms. The molecule has 0 amide bonds. The van der Waals surface area contributed by atoms with Gasteiger partial charge >= 0.3 is 12.3 Å². The first-order valence-electron chi connectivity index (χ1n) is 5.14. The van der Waals surface area contributed by atoms with E-state index >= 15 is 0 Å². The summed E-state index contributed by atoms with van der Waals surface area (Å²) in [6.07, 6.45) is -2.20. The molecule has 106 valence electrons. The van der Waals surface area contributed by atoms with Crippen molar-refractivity contribution in [2.45, 2.75) is 6.36 Å². The number of ether oxygens (including phenoxy) is 1. The second-order valence-corrected chi connectivity index (χ2v) is 3.42. The fraction of sp³-hybridized carbons (Fsp3) is 0.182. The van der Waals surface area contributed by atoms with Crippen molar-refractivity contribution in [1.29, 1.82) is 0 Å². The van der Waals surface area contributed by atoms with Gasteiger partial charge in [0.25, 0.3) is 0 Å². The lowest BCUT2D eigenvalue weighted by Crippen LogP contribution is -2.19. The van der Waals surface area contributed by atoms with E-state index in [1.807, 2.05) is 0 Å². The van der Waals surface area contributed by atoms with E-state index in [0.29, 0.717) is 0 Å². The number of carboxylic acid groups (broad SMARTS) is 1. The molecule has 1 aromatic rings. The predicted molar refractivity (Wildman–Crippen MR) is 63.1 cm³/mol. The van der Waals surface area contributed by atoms with Crippen LogP contribution in [0, 0.1) is 0 Å². The molecule has 20 heavy (non-hydrogen) atoms. The molecule has 1 aromatic carbocycles. The monoisotopic (exact) mass is 287 g/mol. The Bertz CT molecular complexity index is 578. The zero-order chi connectivity index (χ0) is 15.2. The third kappa shape index (κ3) is 4.91. The van der Waals surface area contributed by atoms with Crippen molar-refractivity contribution < 1.29 is 27.8 Å². The number of carboxylic acids is 1. The molecule has 0 radical (unpaired) electrons. The number of carbonyl (C=O) groups is 1. The van der Waals surface area contributed by atoms with E-state index in [0.717, 1.165) is 12.1 Å². The van der Waals surface area contributed by atoms with Crippen LogP contribution < -0.4 is 4.74 Å². The number of benzene rings is 1. The van der Waals surface area contributed by atoms with E-state index in [1.165, 1.54) is 18.2 Å². The Morgan fingerprint density at radius 3 is 2.75 bits per heavy atom. The number of rotatable bonds is 5. The maximum Gasteiger partial charge on any atom is 0.573 e. The first-order chi connectivity index (χ1) is 9.33. The largest absolute Gasteiger partial charge is 0.573 e. The third-order valence-corrected chi connectivity index (χ3v) is 2.02. The summed E-state index contributed by atoms with van der Waals surface area (Å²) < 4.78 is 40.2. The van der Waals surface area contributed by atoms with Crippen LogP contribution in [0.5, 0.6) is 5.75 Å². The highest BCUT2D eigenvalue weighted by Crippen LogP contribution is 2.28. The topological polar surface area (TPSA) is 95.3 Å². The number of halogens is 3. The average Bonchev–Trinajstić information content (AvgIpc) is 2.32. The highest BCUT2D eigenvalue weighted by Gasteiger charge is 2.33. The summed E-state index contributed by atoms with van der Waals surface area (Å²) in [5.74, 6) is -2.34. The Kier molecular flexibility index (Phi) is 4.99. The molecule has 1 rings (SSSR count). The van der Waals surface area contributed by atoms with Gasteiger partial charge in [0.15, 0.2) is 0 Å². The van der Waals surface area contributed by atoms with Gasteiger partial charge in [-0.3, -0.25) is 0 Å². The van der Waals surface area contributed by atoms with Gasteiger partial charge in [-0.05, 0) is 23.2 Å². The summed E-state index contributed by atoms with van der Waals surface area (Å²) >= 11 is 0. The van der Waals surface area contributed by atoms with Gasteiger partial charge in [-0.25, -0.2) is 4.79 Å². The minimum Gasteiger partial charge on any atom is -0.478 e. The number of azide groups is 1. The molecular formula is C11H8F3N3O3. The lowest BCUT2D eigenvalue weighted by Gasteiger charge is -2.11. The standard InChI is InChI=1S/C11H8F3N3O3/c12-11(13,14)20-9-6-7(2-1-5-16-17-15)3-4-8(9)10(18)19/h1-4,6H,5H2,(H,18,19). The molecule has 0 atom stereocenters. The van der Waals surface area contributed by atoms with Gasteiger partial charge in [0.05, 0.1) is 0 Å². The van der Waals surface area contributed by atoms with Crippen LogP contribution in [0.3, 0.4) is 0 Å². The molecule has 6 nitrogen and oxygen atoms in total. The Labute approximate surface area is 110 Å². The number of alkyl halides is 3. The second kappa shape index (κ2) is 6.48. The van der Waals surface area contributed by atoms with E-state index in [2.05, 4.69) is 14.8 Å². The summed E-state index contributed by atoms with van der Waals surface area (Å²) in [5, 5.41) is 12.0. The van der Waals surface area contributed by atoms with Gasteiger partial charge in [-0.2, -0.15) is 0 Å². The Morgan fingerprint density at radius 1 is 1.50 bits per heavy atom. The van der Waals surface area contributed by atoms with Crippen molar-refractivity contribution in [3.63, 3.8) is 0 Å². The number of hydrogen-bond donors (Lipinski definition) is 1. The van der Waals surface area contributed by atoms with Crippen molar-refractivity contribution in [2.24, 2.45) is 5.11 Å². The molecule has 0 aliphatic rings. The van der Waals surface area contributed by atoms with Crippen molar-refractivity contribution in [1.82, 2.24) is 0 Å². The van der Waals surface area contributed by atoms with Crippen molar-refractivity contribution >= 4 is 12.0 Å². The van der Waals surface area contributed by atoms with E-state index < -0.39 is 23.6 Å². The molecule has 0 aliphatic heterocycles. The molecule has 1 N–H and O–H groups in total. The molecule has 0 aromatic heterocycles. The SMILES string of the molecule is [N-]=[N+]=NCC=Cc1ccc(C(=O)O)c(OC(F)(F)F)c1. The zero-order valence-corrected chi connectivity index (χ0v) is 9.83. The highest BCUT2D eigenvalue weighted by atomic mass is 19.4. The van der Waals surface area contributed by atoms with Gasteiger partial charge in [0.2, 0.25) is 0 Å². The Morgan fingerprint density at radius 2 is 2.20 bits per heavy atom. The van der Waals surface area contributed by atoms with Crippen LogP contribution in [0.2, 0.25) is 0 Å². The fourth-order valence-electron chi connectivity index (χ4n) is 1.30. The van der Waals surface area contributed by atoms with Gasteiger partial charge in [0, 0.05) is 11.5 Å². The molecule has 0 fully saturated rings. The maximum absolute atomic E-state index is 12.2. The highest BCUT2D eigenvalue weighted by molar-refractivity contribution is 5.91. The van der Waals surface area contributed by atoms with Gasteiger partial charge in [-0.15, -0.1) is 13.2 Å². The minimum atomic E-state index is -4.99. The number of nitrogens with zero attached hydrogens (tertiary/aromatic N) is 3. The fourth-order valence-corrected chi connectivity index (χ4v) is 1.30. The van der Waals surface area contributed by atoms with E-state index in [-0.39, 0.29) is 12.1 Å². The quantitative estimate of drug-likeness (QED) is 0.509. The van der Waals surface area contributed by atoms with Crippen LogP contribution in [-0.2, 0) is 0 Å². The summed E-state index contributed by atoms with van der Waals surface area (Å²) in [5.41, 5.74) is 7.72. The lowest BCUT2D eigenvalue weighted by molar-refractivity contribution is -0.274. The average molecular weight is 287 g/mol. The summed E-state index contributed by atoms with van der Waals surface area (Å²) in [6.45, 7) is 0.0205. The summed E-state index contributed by atoms with van der Waals surface area (Å²) in [6, 6.07) is 3.24. The van der Waals surface area contributed by atoms with E-state index in [1.54, 1.807) is 0 Å². The molecule has 0 aliphatic carbocycles. The van der Waals surface area contributed by atoms with Gasteiger partial charge in [0.1, 0.15) is 11.3 Å². The smallest absolute Gasteiger partial charge is 0.478 e.